The van der Waals surface area contributed by atoms with Gasteiger partial charge in [-0.3, -0.25) is 0 Å². The molecule has 2 aromatic rings. The zero-order valence-electron chi connectivity index (χ0n) is 14.9. The van der Waals surface area contributed by atoms with Crippen molar-refractivity contribution in [2.24, 2.45) is 15.9 Å². The van der Waals surface area contributed by atoms with Crippen molar-refractivity contribution in [1.29, 1.82) is 0 Å². The second-order valence-electron chi connectivity index (χ2n) is 6.26. The molecule has 6 heteroatoms. The van der Waals surface area contributed by atoms with E-state index in [1.54, 1.807) is 6.21 Å². The lowest BCUT2D eigenvalue weighted by molar-refractivity contribution is 0.949. The third-order valence-electron chi connectivity index (χ3n) is 4.42. The zero-order chi connectivity index (χ0) is 18.4. The topological polar surface area (TPSA) is 54.0 Å². The number of rotatable bonds is 5. The maximum Gasteiger partial charge on any atom is 0.180 e. The highest BCUT2D eigenvalue weighted by Crippen LogP contribution is 2.31. The predicted molar refractivity (Wildman–Crippen MR) is 115 cm³/mol. The molecule has 1 aliphatic heterocycles. The van der Waals surface area contributed by atoms with Crippen LogP contribution in [0.1, 0.15) is 29.5 Å². The van der Waals surface area contributed by atoms with E-state index in [0.29, 0.717) is 5.17 Å². The molecule has 0 aliphatic carbocycles. The van der Waals surface area contributed by atoms with Crippen LogP contribution in [-0.4, -0.2) is 24.5 Å². The summed E-state index contributed by atoms with van der Waals surface area (Å²) in [6.07, 6.45) is 4.16. The Bertz CT molecular complexity index is 799. The van der Waals surface area contributed by atoms with Gasteiger partial charge in [0.05, 0.1) is 11.2 Å². The Morgan fingerprint density at radius 1 is 1.19 bits per heavy atom. The van der Waals surface area contributed by atoms with Crippen molar-refractivity contribution in [1.82, 2.24) is 0 Å². The molecule has 26 heavy (non-hydrogen) atoms. The van der Waals surface area contributed by atoms with E-state index in [9.17, 15) is 0 Å². The van der Waals surface area contributed by atoms with Crippen molar-refractivity contribution in [3.63, 3.8) is 0 Å². The molecule has 1 fully saturated rings. The monoisotopic (exact) mass is 386 g/mol. The molecule has 0 radical (unpaired) electrons. The molecule has 3 rings (SSSR count). The maximum atomic E-state index is 6.53. The van der Waals surface area contributed by atoms with Gasteiger partial charge in [-0.1, -0.05) is 53.7 Å². The Morgan fingerprint density at radius 3 is 2.65 bits per heavy atom. The summed E-state index contributed by atoms with van der Waals surface area (Å²) in [5.41, 5.74) is 10.3. The number of nitrogens with zero attached hydrogens (tertiary/aromatic N) is 3. The molecule has 1 aliphatic rings. The molecule has 1 saturated heterocycles. The van der Waals surface area contributed by atoms with E-state index in [0.717, 1.165) is 35.0 Å². The highest BCUT2D eigenvalue weighted by molar-refractivity contribution is 8.13. The standard InChI is InChI=1S/C20H23ClN4S/c1-15-18(25-11-5-6-12-25)10-9-17(19(15)21)13-23-24-20(22)26-14-16-7-3-2-4-8-16/h2-4,7-10,13H,5-6,11-12,14H2,1H3,(H2,22,24). The van der Waals surface area contributed by atoms with Crippen molar-refractivity contribution >= 4 is 40.4 Å². The van der Waals surface area contributed by atoms with E-state index in [4.69, 9.17) is 17.3 Å². The van der Waals surface area contributed by atoms with E-state index in [1.807, 2.05) is 24.3 Å². The SMILES string of the molecule is Cc1c(N2CCCC2)ccc(C=NN=C(N)SCc2ccccc2)c1Cl. The Balaban J connectivity index is 1.63. The average Bonchev–Trinajstić information content (AvgIpc) is 3.19. The molecule has 0 bridgehead atoms. The normalized spacial score (nSPS) is 15.2. The van der Waals surface area contributed by atoms with Gasteiger partial charge in [-0.05, 0) is 43.0 Å². The second-order valence-corrected chi connectivity index (χ2v) is 7.64. The van der Waals surface area contributed by atoms with Crippen molar-refractivity contribution in [2.75, 3.05) is 18.0 Å². The lowest BCUT2D eigenvalue weighted by Gasteiger charge is -2.21. The van der Waals surface area contributed by atoms with Crippen molar-refractivity contribution in [3.05, 3.63) is 64.2 Å². The summed E-state index contributed by atoms with van der Waals surface area (Å²) in [5.74, 6) is 0.774. The number of benzene rings is 2. The number of hydrogen-bond acceptors (Lipinski definition) is 4. The molecule has 0 spiro atoms. The second kappa shape index (κ2) is 9.10. The van der Waals surface area contributed by atoms with Gasteiger partial charge in [-0.25, -0.2) is 0 Å². The summed E-state index contributed by atoms with van der Waals surface area (Å²) in [5, 5.41) is 9.33. The molecule has 2 aromatic carbocycles. The first-order chi connectivity index (χ1) is 12.6. The van der Waals surface area contributed by atoms with E-state index >= 15 is 0 Å². The lowest BCUT2D eigenvalue weighted by atomic mass is 10.1. The fourth-order valence-corrected chi connectivity index (χ4v) is 3.82. The van der Waals surface area contributed by atoms with Crippen molar-refractivity contribution in [2.45, 2.75) is 25.5 Å². The molecule has 2 N–H and O–H groups in total. The highest BCUT2D eigenvalue weighted by Gasteiger charge is 2.16. The molecule has 0 unspecified atom stereocenters. The van der Waals surface area contributed by atoms with Gasteiger partial charge in [0.1, 0.15) is 0 Å². The Kier molecular flexibility index (Phi) is 6.58. The van der Waals surface area contributed by atoms with Gasteiger partial charge in [-0.2, -0.15) is 5.10 Å². The first kappa shape index (κ1) is 18.8. The van der Waals surface area contributed by atoms with Gasteiger partial charge in [0.2, 0.25) is 0 Å². The fraction of sp³-hybridized carbons (Fsp3) is 0.300. The van der Waals surface area contributed by atoms with Crippen LogP contribution in [0.4, 0.5) is 5.69 Å². The molecule has 4 nitrogen and oxygen atoms in total. The van der Waals surface area contributed by atoms with Crippen LogP contribution in [0.2, 0.25) is 5.02 Å². The van der Waals surface area contributed by atoms with Crippen LogP contribution in [0.15, 0.2) is 52.7 Å². The summed E-state index contributed by atoms with van der Waals surface area (Å²) in [6.45, 7) is 4.26. The van der Waals surface area contributed by atoms with Gasteiger partial charge in [-0.15, -0.1) is 5.10 Å². The number of amidine groups is 1. The van der Waals surface area contributed by atoms with Crippen LogP contribution in [0.3, 0.4) is 0 Å². The van der Waals surface area contributed by atoms with Crippen LogP contribution in [0.5, 0.6) is 0 Å². The predicted octanol–water partition coefficient (Wildman–Crippen LogP) is 4.83. The summed E-state index contributed by atoms with van der Waals surface area (Å²) < 4.78 is 0. The maximum absolute atomic E-state index is 6.53. The Labute approximate surface area is 164 Å². The number of hydrogen-bond donors (Lipinski definition) is 1. The molecule has 136 valence electrons. The smallest absolute Gasteiger partial charge is 0.180 e. The highest BCUT2D eigenvalue weighted by atomic mass is 35.5. The van der Waals surface area contributed by atoms with Crippen LogP contribution in [-0.2, 0) is 5.75 Å². The minimum atomic E-state index is 0.437. The average molecular weight is 387 g/mol. The third-order valence-corrected chi connectivity index (χ3v) is 5.77. The molecule has 0 saturated carbocycles. The van der Waals surface area contributed by atoms with Gasteiger partial charge >= 0.3 is 0 Å². The first-order valence-electron chi connectivity index (χ1n) is 8.72. The van der Waals surface area contributed by atoms with Crippen LogP contribution < -0.4 is 10.6 Å². The molecule has 1 heterocycles. The van der Waals surface area contributed by atoms with Crippen LogP contribution in [0, 0.1) is 6.92 Å². The number of thioether (sulfide) groups is 1. The van der Waals surface area contributed by atoms with E-state index < -0.39 is 0 Å². The van der Waals surface area contributed by atoms with E-state index in [2.05, 4.69) is 40.2 Å². The summed E-state index contributed by atoms with van der Waals surface area (Å²) in [6, 6.07) is 14.3. The van der Waals surface area contributed by atoms with Gasteiger partial charge in [0, 0.05) is 30.1 Å². The van der Waals surface area contributed by atoms with Crippen molar-refractivity contribution in [3.8, 4) is 0 Å². The minimum Gasteiger partial charge on any atom is -0.377 e. The molecular weight excluding hydrogens is 364 g/mol. The fourth-order valence-electron chi connectivity index (χ4n) is 3.00. The summed E-state index contributed by atoms with van der Waals surface area (Å²) in [4.78, 5) is 2.39. The minimum absolute atomic E-state index is 0.437. The van der Waals surface area contributed by atoms with Crippen LogP contribution >= 0.6 is 23.4 Å². The molecule has 0 atom stereocenters. The third kappa shape index (κ3) is 4.80. The van der Waals surface area contributed by atoms with Gasteiger partial charge in [0.25, 0.3) is 0 Å². The largest absolute Gasteiger partial charge is 0.377 e. The summed E-state index contributed by atoms with van der Waals surface area (Å²) in [7, 11) is 0. The number of halogens is 1. The van der Waals surface area contributed by atoms with Gasteiger partial charge in [0.15, 0.2) is 5.17 Å². The lowest BCUT2D eigenvalue weighted by Crippen LogP contribution is -2.18. The summed E-state index contributed by atoms with van der Waals surface area (Å²) >= 11 is 8.00. The molecular formula is C20H23ClN4S. The van der Waals surface area contributed by atoms with Gasteiger partial charge < -0.3 is 10.6 Å². The van der Waals surface area contributed by atoms with Crippen molar-refractivity contribution < 1.29 is 0 Å². The quantitative estimate of drug-likeness (QED) is 0.455. The number of nitrogens with two attached hydrogens (primary N) is 1. The van der Waals surface area contributed by atoms with E-state index in [-0.39, 0.29) is 0 Å². The zero-order valence-corrected chi connectivity index (χ0v) is 16.4. The van der Waals surface area contributed by atoms with E-state index in [1.165, 1.54) is 35.9 Å². The first-order valence-corrected chi connectivity index (χ1v) is 10.1. The molecule has 0 amide bonds. The number of anilines is 1. The Morgan fingerprint density at radius 2 is 1.92 bits per heavy atom. The van der Waals surface area contributed by atoms with Crippen LogP contribution in [0.25, 0.3) is 0 Å². The molecule has 0 aromatic heterocycles. The Hall–Kier alpha value is -1.98.